The molecule has 0 aromatic carbocycles. The molecule has 4 saturated heterocycles. The number of alkyl halides is 2. The fourth-order valence-corrected chi connectivity index (χ4v) is 4.72. The molecule has 4 rings (SSSR count). The summed E-state index contributed by atoms with van der Waals surface area (Å²) in [5.74, 6) is -1.73. The van der Waals surface area contributed by atoms with Gasteiger partial charge in [-0.25, -0.2) is 8.78 Å². The molecule has 8 nitrogen and oxygen atoms in total. The molecular weight excluding hydrogens is 406 g/mol. The van der Waals surface area contributed by atoms with Crippen molar-refractivity contribution in [1.29, 1.82) is 0 Å². The van der Waals surface area contributed by atoms with Gasteiger partial charge in [-0.2, -0.15) is 0 Å². The standard InChI is InChI=1S/C10H16F2O3.C10H18O5/c2*1-4-6-7-10(5-11,8(12)13-6)15-9(2,3)14-7/h6-8H,4-5H2,1-3H3;6-8,11-12H,4-5H2,1-3H3/t2*6-,7?,8?,10-/m11/s1. The summed E-state index contributed by atoms with van der Waals surface area (Å²) in [4.78, 5) is 0. The Bertz CT molecular complexity index is 568. The van der Waals surface area contributed by atoms with E-state index in [9.17, 15) is 19.0 Å². The van der Waals surface area contributed by atoms with Gasteiger partial charge in [0, 0.05) is 0 Å². The molecule has 30 heavy (non-hydrogen) atoms. The number of halogens is 2. The number of hydrogen-bond donors (Lipinski definition) is 2. The number of ether oxygens (including phenoxy) is 6. The van der Waals surface area contributed by atoms with Gasteiger partial charge in [0.1, 0.15) is 18.9 Å². The third kappa shape index (κ3) is 3.79. The fraction of sp³-hybridized carbons (Fsp3) is 1.00. The molecule has 4 aliphatic heterocycles. The van der Waals surface area contributed by atoms with Gasteiger partial charge in [0.25, 0.3) is 0 Å². The van der Waals surface area contributed by atoms with Crippen molar-refractivity contribution in [3.05, 3.63) is 0 Å². The van der Waals surface area contributed by atoms with Crippen molar-refractivity contribution in [2.24, 2.45) is 0 Å². The van der Waals surface area contributed by atoms with E-state index in [4.69, 9.17) is 28.4 Å². The van der Waals surface area contributed by atoms with E-state index >= 15 is 0 Å². The third-order valence-electron chi connectivity index (χ3n) is 5.99. The highest BCUT2D eigenvalue weighted by Gasteiger charge is 2.67. The average Bonchev–Trinajstić information content (AvgIpc) is 3.30. The molecule has 0 amide bonds. The summed E-state index contributed by atoms with van der Waals surface area (Å²) in [6.07, 6.45) is -3.31. The van der Waals surface area contributed by atoms with Gasteiger partial charge in [0.05, 0.1) is 18.8 Å². The first-order valence-corrected chi connectivity index (χ1v) is 10.5. The van der Waals surface area contributed by atoms with E-state index < -0.39 is 60.4 Å². The summed E-state index contributed by atoms with van der Waals surface area (Å²) in [6.45, 7) is 9.39. The number of aliphatic hydroxyl groups excluding tert-OH is 2. The van der Waals surface area contributed by atoms with E-state index in [1.165, 1.54) is 0 Å². The fourth-order valence-electron chi connectivity index (χ4n) is 4.72. The Morgan fingerprint density at radius 1 is 0.833 bits per heavy atom. The maximum atomic E-state index is 13.6. The Kier molecular flexibility index (Phi) is 6.57. The zero-order valence-corrected chi connectivity index (χ0v) is 18.4. The lowest BCUT2D eigenvalue weighted by molar-refractivity contribution is -0.252. The van der Waals surface area contributed by atoms with Crippen molar-refractivity contribution in [1.82, 2.24) is 0 Å². The highest BCUT2D eigenvalue weighted by atomic mass is 19.2. The Morgan fingerprint density at radius 2 is 1.30 bits per heavy atom. The van der Waals surface area contributed by atoms with E-state index in [-0.39, 0.29) is 12.7 Å². The van der Waals surface area contributed by atoms with Crippen molar-refractivity contribution in [3.63, 3.8) is 0 Å². The second-order valence-electron chi connectivity index (χ2n) is 9.12. The van der Waals surface area contributed by atoms with Crippen LogP contribution in [0.5, 0.6) is 0 Å². The first-order valence-electron chi connectivity index (χ1n) is 10.5. The van der Waals surface area contributed by atoms with Gasteiger partial charge in [-0.3, -0.25) is 0 Å². The molecule has 0 spiro atoms. The molecule has 0 aromatic heterocycles. The maximum absolute atomic E-state index is 13.6. The van der Waals surface area contributed by atoms with Crippen molar-refractivity contribution in [2.45, 2.75) is 114 Å². The van der Waals surface area contributed by atoms with Crippen LogP contribution in [0.3, 0.4) is 0 Å². The molecule has 8 atom stereocenters. The van der Waals surface area contributed by atoms with Crippen LogP contribution in [-0.4, -0.2) is 83.3 Å². The van der Waals surface area contributed by atoms with E-state index in [0.29, 0.717) is 12.8 Å². The van der Waals surface area contributed by atoms with Crippen LogP contribution in [0.1, 0.15) is 54.4 Å². The average molecular weight is 440 g/mol. The van der Waals surface area contributed by atoms with Crippen molar-refractivity contribution in [2.75, 3.05) is 13.3 Å². The molecule has 0 saturated carbocycles. The van der Waals surface area contributed by atoms with Gasteiger partial charge in [0.15, 0.2) is 29.1 Å². The largest absolute Gasteiger partial charge is 0.393 e. The lowest BCUT2D eigenvalue weighted by Gasteiger charge is -2.27. The molecule has 0 aliphatic carbocycles. The normalized spacial score (nSPS) is 48.2. The van der Waals surface area contributed by atoms with Crippen LogP contribution >= 0.6 is 0 Å². The minimum Gasteiger partial charge on any atom is -0.393 e. The molecule has 0 aromatic rings. The molecule has 0 bridgehead atoms. The predicted octanol–water partition coefficient (Wildman–Crippen LogP) is 1.95. The van der Waals surface area contributed by atoms with E-state index in [0.717, 1.165) is 0 Å². The smallest absolute Gasteiger partial charge is 0.234 e. The Balaban J connectivity index is 0.000000171. The Morgan fingerprint density at radius 3 is 1.77 bits per heavy atom. The minimum absolute atomic E-state index is 0.228. The van der Waals surface area contributed by atoms with Gasteiger partial charge in [-0.05, 0) is 40.5 Å². The summed E-state index contributed by atoms with van der Waals surface area (Å²) < 4.78 is 59.1. The molecule has 4 unspecified atom stereocenters. The molecule has 4 aliphatic rings. The number of aliphatic hydroxyl groups is 2. The molecule has 0 radical (unpaired) electrons. The van der Waals surface area contributed by atoms with Crippen LogP contribution < -0.4 is 0 Å². The van der Waals surface area contributed by atoms with Crippen molar-refractivity contribution < 1.29 is 47.4 Å². The number of fused-ring (bicyclic) bond motifs is 2. The van der Waals surface area contributed by atoms with Gasteiger partial charge >= 0.3 is 0 Å². The molecule has 10 heteroatoms. The molecule has 176 valence electrons. The Hall–Kier alpha value is -0.460. The summed E-state index contributed by atoms with van der Waals surface area (Å²) in [6, 6.07) is 0. The zero-order valence-electron chi connectivity index (χ0n) is 18.4. The van der Waals surface area contributed by atoms with Crippen LogP contribution in [0.4, 0.5) is 8.78 Å². The summed E-state index contributed by atoms with van der Waals surface area (Å²) in [5, 5.41) is 19.2. The quantitative estimate of drug-likeness (QED) is 0.685. The summed E-state index contributed by atoms with van der Waals surface area (Å²) in [5.41, 5.74) is -2.69. The summed E-state index contributed by atoms with van der Waals surface area (Å²) in [7, 11) is 0. The molecule has 4 heterocycles. The number of hydrogen-bond acceptors (Lipinski definition) is 8. The van der Waals surface area contributed by atoms with Crippen LogP contribution in [0, 0.1) is 0 Å². The number of rotatable bonds is 4. The second-order valence-corrected chi connectivity index (χ2v) is 9.12. The highest BCUT2D eigenvalue weighted by molar-refractivity contribution is 5.07. The van der Waals surface area contributed by atoms with E-state index in [1.54, 1.807) is 27.7 Å². The molecular formula is C20H34F2O8. The molecule has 4 fully saturated rings. The third-order valence-corrected chi connectivity index (χ3v) is 5.99. The SMILES string of the molecule is CC[C@H]1OC(F)[C@]2(CF)OC(C)(C)OC12.CC[C@H]1OC(O)[C@]2(CO)OC(C)(C)OC12. The molecule has 2 N–H and O–H groups in total. The van der Waals surface area contributed by atoms with Crippen LogP contribution in [-0.2, 0) is 28.4 Å². The van der Waals surface area contributed by atoms with Gasteiger partial charge in [-0.15, -0.1) is 0 Å². The monoisotopic (exact) mass is 440 g/mol. The van der Waals surface area contributed by atoms with E-state index in [1.807, 2.05) is 13.8 Å². The van der Waals surface area contributed by atoms with Crippen LogP contribution in [0.2, 0.25) is 0 Å². The highest BCUT2D eigenvalue weighted by Crippen LogP contribution is 2.48. The topological polar surface area (TPSA) is 95.8 Å². The zero-order chi connectivity index (χ0) is 22.5. The predicted molar refractivity (Wildman–Crippen MR) is 99.8 cm³/mol. The first-order chi connectivity index (χ1) is 13.9. The maximum Gasteiger partial charge on any atom is 0.234 e. The minimum atomic E-state index is -1.75. The van der Waals surface area contributed by atoms with Crippen molar-refractivity contribution in [3.8, 4) is 0 Å². The Labute approximate surface area is 175 Å². The van der Waals surface area contributed by atoms with Crippen molar-refractivity contribution >= 4 is 0 Å². The lowest BCUT2D eigenvalue weighted by Crippen LogP contribution is -2.50. The second kappa shape index (κ2) is 8.15. The van der Waals surface area contributed by atoms with Crippen LogP contribution in [0.15, 0.2) is 0 Å². The first kappa shape index (κ1) is 24.2. The van der Waals surface area contributed by atoms with Gasteiger partial charge in [-0.1, -0.05) is 13.8 Å². The summed E-state index contributed by atoms with van der Waals surface area (Å²) >= 11 is 0. The lowest BCUT2D eigenvalue weighted by atomic mass is 9.95. The van der Waals surface area contributed by atoms with Crippen LogP contribution in [0.25, 0.3) is 0 Å². The van der Waals surface area contributed by atoms with E-state index in [2.05, 4.69) is 0 Å². The van der Waals surface area contributed by atoms with Gasteiger partial charge in [0.2, 0.25) is 6.36 Å². The van der Waals surface area contributed by atoms with Gasteiger partial charge < -0.3 is 38.6 Å².